The molecule has 0 saturated carbocycles. The summed E-state index contributed by atoms with van der Waals surface area (Å²) in [6.45, 7) is 0. The third-order valence-corrected chi connectivity index (χ3v) is 3.41. The highest BCUT2D eigenvalue weighted by atomic mass is 79.9. The molecule has 0 aliphatic carbocycles. The van der Waals surface area contributed by atoms with Crippen molar-refractivity contribution < 1.29 is 17.6 Å². The summed E-state index contributed by atoms with van der Waals surface area (Å²) >= 11 is 3.11. The van der Waals surface area contributed by atoms with Gasteiger partial charge in [0.1, 0.15) is 11.6 Å². The van der Waals surface area contributed by atoms with E-state index in [9.17, 15) is 17.6 Å². The zero-order chi connectivity index (χ0) is 12.3. The molecule has 88 valence electrons. The lowest BCUT2D eigenvalue weighted by Crippen LogP contribution is -2.16. The van der Waals surface area contributed by atoms with Gasteiger partial charge in [-0.3, -0.25) is 4.79 Å². The molecule has 0 heterocycles. The Kier molecular flexibility index (Phi) is 4.21. The molecule has 0 saturated heterocycles. The van der Waals surface area contributed by atoms with Gasteiger partial charge >= 0.3 is 0 Å². The Morgan fingerprint density at radius 3 is 2.56 bits per heavy atom. The van der Waals surface area contributed by atoms with Crippen molar-refractivity contribution in [3.63, 3.8) is 0 Å². The van der Waals surface area contributed by atoms with Gasteiger partial charge in [0.05, 0.1) is 0 Å². The van der Waals surface area contributed by atoms with Gasteiger partial charge in [0.2, 0.25) is 0 Å². The van der Waals surface area contributed by atoms with Gasteiger partial charge in [-0.2, -0.15) is 0 Å². The zero-order valence-corrected chi connectivity index (χ0v) is 10.9. The third kappa shape index (κ3) is 4.40. The van der Waals surface area contributed by atoms with Gasteiger partial charge in [0.25, 0.3) is 0 Å². The molecular weight excluding hydrogens is 299 g/mol. The molecule has 0 fully saturated rings. The number of ketones is 1. The number of hydrogen-bond acceptors (Lipinski definition) is 3. The summed E-state index contributed by atoms with van der Waals surface area (Å²) in [5.41, 5.74) is 0.579. The second-order valence-electron chi connectivity index (χ2n) is 3.52. The molecule has 0 spiro atoms. The van der Waals surface area contributed by atoms with Crippen LogP contribution in [0.15, 0.2) is 22.7 Å². The predicted octanol–water partition coefficient (Wildman–Crippen LogP) is 1.74. The van der Waals surface area contributed by atoms with Gasteiger partial charge in [0.15, 0.2) is 15.6 Å². The molecule has 0 unspecified atom stereocenters. The highest BCUT2D eigenvalue weighted by molar-refractivity contribution is 9.10. The Morgan fingerprint density at radius 2 is 2.06 bits per heavy atom. The van der Waals surface area contributed by atoms with Gasteiger partial charge in [-0.25, -0.2) is 12.8 Å². The lowest BCUT2D eigenvalue weighted by atomic mass is 10.1. The first kappa shape index (κ1) is 13.3. The lowest BCUT2D eigenvalue weighted by Gasteiger charge is -2.03. The fraction of sp³-hybridized carbons (Fsp3) is 0.300. The zero-order valence-electron chi connectivity index (χ0n) is 8.54. The number of carbonyl (C=O) groups excluding carboxylic acids is 1. The normalized spacial score (nSPS) is 11.4. The standard InChI is InChI=1S/C10H10BrFO3S/c1-16(14,15)6-9(13)4-7-2-3-8(12)5-10(7)11/h2-3,5H,4,6H2,1H3. The van der Waals surface area contributed by atoms with Crippen LogP contribution in [0.25, 0.3) is 0 Å². The van der Waals surface area contributed by atoms with Crippen LogP contribution in [-0.2, 0) is 21.1 Å². The summed E-state index contributed by atoms with van der Waals surface area (Å²) in [6, 6.07) is 3.93. The smallest absolute Gasteiger partial charge is 0.154 e. The van der Waals surface area contributed by atoms with Gasteiger partial charge in [-0.15, -0.1) is 0 Å². The van der Waals surface area contributed by atoms with Gasteiger partial charge in [-0.1, -0.05) is 22.0 Å². The van der Waals surface area contributed by atoms with E-state index >= 15 is 0 Å². The quantitative estimate of drug-likeness (QED) is 0.851. The number of Topliss-reactive ketones (excluding diaryl/α,β-unsaturated/α-hetero) is 1. The maximum Gasteiger partial charge on any atom is 0.154 e. The van der Waals surface area contributed by atoms with E-state index < -0.39 is 27.2 Å². The van der Waals surface area contributed by atoms with E-state index in [1.807, 2.05) is 0 Å². The molecule has 3 nitrogen and oxygen atoms in total. The Labute approximate surface area is 102 Å². The maximum absolute atomic E-state index is 12.7. The molecule has 0 aliphatic heterocycles. The minimum atomic E-state index is -3.30. The van der Waals surface area contributed by atoms with Crippen LogP contribution < -0.4 is 0 Å². The number of halogens is 2. The van der Waals surface area contributed by atoms with E-state index in [-0.39, 0.29) is 6.42 Å². The largest absolute Gasteiger partial charge is 0.298 e. The highest BCUT2D eigenvalue weighted by Crippen LogP contribution is 2.18. The molecule has 0 atom stereocenters. The summed E-state index contributed by atoms with van der Waals surface area (Å²) in [6.07, 6.45) is 0.985. The molecule has 1 aromatic carbocycles. The van der Waals surface area contributed by atoms with E-state index in [4.69, 9.17) is 0 Å². The Morgan fingerprint density at radius 1 is 1.44 bits per heavy atom. The first-order valence-corrected chi connectivity index (χ1v) is 7.26. The van der Waals surface area contributed by atoms with Crippen molar-refractivity contribution in [3.8, 4) is 0 Å². The van der Waals surface area contributed by atoms with Crippen LogP contribution in [0.5, 0.6) is 0 Å². The molecule has 0 radical (unpaired) electrons. The minimum absolute atomic E-state index is 0.0199. The van der Waals surface area contributed by atoms with E-state index in [1.165, 1.54) is 18.2 Å². The summed E-state index contributed by atoms with van der Waals surface area (Å²) < 4.78 is 35.0. The topological polar surface area (TPSA) is 51.2 Å². The van der Waals surface area contributed by atoms with Crippen LogP contribution in [0.3, 0.4) is 0 Å². The monoisotopic (exact) mass is 308 g/mol. The number of benzene rings is 1. The molecule has 1 rings (SSSR count). The third-order valence-electron chi connectivity index (χ3n) is 1.83. The molecule has 0 aliphatic rings. The second kappa shape index (κ2) is 5.05. The lowest BCUT2D eigenvalue weighted by molar-refractivity contribution is -0.116. The predicted molar refractivity (Wildman–Crippen MR) is 62.5 cm³/mol. The summed E-state index contributed by atoms with van der Waals surface area (Å²) in [7, 11) is -3.30. The first-order chi connectivity index (χ1) is 7.28. The van der Waals surface area contributed by atoms with Crippen molar-refractivity contribution in [3.05, 3.63) is 34.1 Å². The Bertz CT molecular complexity index is 511. The number of sulfone groups is 1. The molecule has 0 amide bonds. The second-order valence-corrected chi connectivity index (χ2v) is 6.52. The van der Waals surface area contributed by atoms with Crippen molar-refractivity contribution in [1.29, 1.82) is 0 Å². The van der Waals surface area contributed by atoms with Gasteiger partial charge < -0.3 is 0 Å². The van der Waals surface area contributed by atoms with Crippen LogP contribution in [0, 0.1) is 5.82 Å². The molecule has 0 N–H and O–H groups in total. The average Bonchev–Trinajstić information content (AvgIpc) is 2.06. The van der Waals surface area contributed by atoms with Crippen LogP contribution in [0.2, 0.25) is 0 Å². The van der Waals surface area contributed by atoms with Crippen LogP contribution in [-0.4, -0.2) is 26.2 Å². The van der Waals surface area contributed by atoms with Crippen LogP contribution in [0.1, 0.15) is 5.56 Å². The Balaban J connectivity index is 2.78. The van der Waals surface area contributed by atoms with Crippen molar-refractivity contribution in [2.75, 3.05) is 12.0 Å². The SMILES string of the molecule is CS(=O)(=O)CC(=O)Cc1ccc(F)cc1Br. The molecule has 16 heavy (non-hydrogen) atoms. The van der Waals surface area contributed by atoms with Crippen LogP contribution in [0.4, 0.5) is 4.39 Å². The van der Waals surface area contributed by atoms with Gasteiger partial charge in [-0.05, 0) is 17.7 Å². The minimum Gasteiger partial charge on any atom is -0.298 e. The summed E-state index contributed by atoms with van der Waals surface area (Å²) in [5.74, 6) is -1.31. The molecule has 1 aromatic rings. The molecule has 0 bridgehead atoms. The van der Waals surface area contributed by atoms with Gasteiger partial charge in [0, 0.05) is 17.1 Å². The number of rotatable bonds is 4. The summed E-state index contributed by atoms with van der Waals surface area (Å²) in [4.78, 5) is 11.4. The molecule has 6 heteroatoms. The van der Waals surface area contributed by atoms with Crippen molar-refractivity contribution in [2.24, 2.45) is 0 Å². The van der Waals surface area contributed by atoms with Crippen molar-refractivity contribution in [2.45, 2.75) is 6.42 Å². The van der Waals surface area contributed by atoms with E-state index in [1.54, 1.807) is 0 Å². The fourth-order valence-electron chi connectivity index (χ4n) is 1.22. The van der Waals surface area contributed by atoms with E-state index in [0.29, 0.717) is 10.0 Å². The first-order valence-electron chi connectivity index (χ1n) is 4.41. The number of carbonyl (C=O) groups is 1. The highest BCUT2D eigenvalue weighted by Gasteiger charge is 2.13. The maximum atomic E-state index is 12.7. The van der Waals surface area contributed by atoms with Crippen molar-refractivity contribution in [1.82, 2.24) is 0 Å². The van der Waals surface area contributed by atoms with E-state index in [2.05, 4.69) is 15.9 Å². The Hall–Kier alpha value is -0.750. The average molecular weight is 309 g/mol. The molecule has 0 aromatic heterocycles. The van der Waals surface area contributed by atoms with Crippen LogP contribution >= 0.6 is 15.9 Å². The molecular formula is C10H10BrFO3S. The van der Waals surface area contributed by atoms with E-state index in [0.717, 1.165) is 6.26 Å². The number of hydrogen-bond donors (Lipinski definition) is 0. The summed E-state index contributed by atoms with van der Waals surface area (Å²) in [5, 5.41) is 0. The fourth-order valence-corrected chi connectivity index (χ4v) is 2.40. The van der Waals surface area contributed by atoms with Crippen molar-refractivity contribution >= 4 is 31.6 Å².